The Morgan fingerprint density at radius 3 is 2.85 bits per heavy atom. The topological polar surface area (TPSA) is 80.5 Å². The average Bonchev–Trinajstić information content (AvgIpc) is 2.60. The summed E-state index contributed by atoms with van der Waals surface area (Å²) in [6.45, 7) is 5.12. The van der Waals surface area contributed by atoms with E-state index in [1.807, 2.05) is 11.8 Å². The van der Waals surface area contributed by atoms with Crippen molar-refractivity contribution in [3.8, 4) is 6.07 Å². The minimum absolute atomic E-state index is 0.0522. The molecule has 0 radical (unpaired) electrons. The third-order valence-corrected chi connectivity index (χ3v) is 3.38. The van der Waals surface area contributed by atoms with Crippen molar-refractivity contribution in [3.05, 3.63) is 23.4 Å². The minimum Gasteiger partial charge on any atom is -0.389 e. The summed E-state index contributed by atoms with van der Waals surface area (Å²) in [5, 5.41) is 19.2. The highest BCUT2D eigenvalue weighted by Gasteiger charge is 2.24. The number of hydrogen-bond donors (Lipinski definition) is 1. The van der Waals surface area contributed by atoms with Gasteiger partial charge in [0, 0.05) is 38.8 Å². The first-order chi connectivity index (χ1) is 9.51. The molecule has 0 bridgehead atoms. The third kappa shape index (κ3) is 3.06. The molecule has 1 atom stereocenters. The lowest BCUT2D eigenvalue weighted by atomic mass is 10.2. The van der Waals surface area contributed by atoms with Gasteiger partial charge in [0.15, 0.2) is 0 Å². The monoisotopic (exact) mass is 274 g/mol. The molecule has 1 aliphatic heterocycles. The van der Waals surface area contributed by atoms with E-state index in [4.69, 9.17) is 0 Å². The molecule has 1 N–H and O–H groups in total. The Bertz CT molecular complexity index is 553. The van der Waals surface area contributed by atoms with E-state index in [1.165, 1.54) is 6.92 Å². The molecule has 1 aliphatic rings. The summed E-state index contributed by atoms with van der Waals surface area (Å²) < 4.78 is 0. The quantitative estimate of drug-likeness (QED) is 0.796. The van der Waals surface area contributed by atoms with Crippen LogP contribution in [0.15, 0.2) is 12.1 Å². The molecule has 2 heterocycles. The van der Waals surface area contributed by atoms with Gasteiger partial charge in [0.1, 0.15) is 11.9 Å². The molecular formula is C14H18N4O2. The van der Waals surface area contributed by atoms with Gasteiger partial charge in [-0.1, -0.05) is 0 Å². The molecule has 2 rings (SSSR count). The molecule has 1 saturated heterocycles. The number of carbonyl (C=O) groups is 1. The number of hydrogen-bond acceptors (Lipinski definition) is 5. The van der Waals surface area contributed by atoms with Gasteiger partial charge < -0.3 is 14.9 Å². The number of aliphatic hydroxyl groups is 1. The number of amides is 1. The molecule has 1 amide bonds. The van der Waals surface area contributed by atoms with Crippen LogP contribution in [0.25, 0.3) is 0 Å². The maximum absolute atomic E-state index is 11.4. The molecule has 20 heavy (non-hydrogen) atoms. The number of carbonyl (C=O) groups excluding carboxylic acids is 1. The molecule has 6 nitrogen and oxygen atoms in total. The van der Waals surface area contributed by atoms with E-state index in [-0.39, 0.29) is 5.91 Å². The van der Waals surface area contributed by atoms with Crippen molar-refractivity contribution in [2.75, 3.05) is 31.1 Å². The molecule has 0 spiro atoms. The first-order valence-corrected chi connectivity index (χ1v) is 6.57. The standard InChI is InChI=1S/C14H18N4O2/c1-10-3-4-12(7-15)14(16-10)18-6-5-17(11(2)19)8-13(20)9-18/h3-4,13,20H,5-6,8-9H2,1-2H3/t13-/m0/s1. The fourth-order valence-corrected chi connectivity index (χ4v) is 2.34. The van der Waals surface area contributed by atoms with Crippen LogP contribution in [-0.4, -0.2) is 53.2 Å². The second kappa shape index (κ2) is 5.88. The smallest absolute Gasteiger partial charge is 0.219 e. The van der Waals surface area contributed by atoms with E-state index in [1.54, 1.807) is 17.0 Å². The third-order valence-electron chi connectivity index (χ3n) is 3.38. The number of aromatic nitrogens is 1. The Kier molecular flexibility index (Phi) is 4.20. The van der Waals surface area contributed by atoms with Gasteiger partial charge in [-0.2, -0.15) is 5.26 Å². The fourth-order valence-electron chi connectivity index (χ4n) is 2.34. The van der Waals surface area contributed by atoms with Crippen LogP contribution in [0, 0.1) is 18.3 Å². The van der Waals surface area contributed by atoms with Crippen molar-refractivity contribution >= 4 is 11.7 Å². The summed E-state index contributed by atoms with van der Waals surface area (Å²) in [4.78, 5) is 19.3. The van der Waals surface area contributed by atoms with E-state index >= 15 is 0 Å². The number of β-amino-alcohol motifs (C(OH)–C–C–N with tert-alkyl or cyclic N) is 1. The van der Waals surface area contributed by atoms with Crippen molar-refractivity contribution in [1.29, 1.82) is 5.26 Å². The summed E-state index contributed by atoms with van der Waals surface area (Å²) in [7, 11) is 0. The zero-order valence-corrected chi connectivity index (χ0v) is 11.7. The second-order valence-electron chi connectivity index (χ2n) is 5.00. The highest BCUT2D eigenvalue weighted by molar-refractivity contribution is 5.73. The number of aryl methyl sites for hydroxylation is 1. The van der Waals surface area contributed by atoms with Gasteiger partial charge in [0.25, 0.3) is 0 Å². The normalized spacial score (nSPS) is 19.4. The average molecular weight is 274 g/mol. The Balaban J connectivity index is 2.27. The van der Waals surface area contributed by atoms with Crippen LogP contribution >= 0.6 is 0 Å². The van der Waals surface area contributed by atoms with Gasteiger partial charge in [-0.05, 0) is 19.1 Å². The van der Waals surface area contributed by atoms with Crippen molar-refractivity contribution < 1.29 is 9.90 Å². The highest BCUT2D eigenvalue weighted by atomic mass is 16.3. The second-order valence-corrected chi connectivity index (χ2v) is 5.00. The van der Waals surface area contributed by atoms with E-state index < -0.39 is 6.10 Å². The van der Waals surface area contributed by atoms with Gasteiger partial charge in [0.05, 0.1) is 11.7 Å². The van der Waals surface area contributed by atoms with Crippen LogP contribution in [0.1, 0.15) is 18.2 Å². The van der Waals surface area contributed by atoms with Crippen LogP contribution in [0.5, 0.6) is 0 Å². The molecule has 0 aromatic carbocycles. The number of nitrogens with zero attached hydrogens (tertiary/aromatic N) is 4. The zero-order valence-electron chi connectivity index (χ0n) is 11.7. The minimum atomic E-state index is -0.643. The van der Waals surface area contributed by atoms with Crippen LogP contribution in [0.3, 0.4) is 0 Å². The summed E-state index contributed by atoms with van der Waals surface area (Å²) in [5.74, 6) is 0.528. The number of pyridine rings is 1. The number of nitriles is 1. The highest BCUT2D eigenvalue weighted by Crippen LogP contribution is 2.19. The number of rotatable bonds is 1. The molecule has 1 aromatic rings. The van der Waals surface area contributed by atoms with E-state index in [0.29, 0.717) is 37.6 Å². The van der Waals surface area contributed by atoms with E-state index in [0.717, 1.165) is 5.69 Å². The van der Waals surface area contributed by atoms with Crippen LogP contribution in [-0.2, 0) is 4.79 Å². The summed E-state index contributed by atoms with van der Waals surface area (Å²) in [6, 6.07) is 5.65. The van der Waals surface area contributed by atoms with Crippen molar-refractivity contribution in [2.45, 2.75) is 20.0 Å². The number of aliphatic hydroxyl groups excluding tert-OH is 1. The molecule has 0 unspecified atom stereocenters. The molecule has 1 fully saturated rings. The molecule has 0 aliphatic carbocycles. The summed E-state index contributed by atoms with van der Waals surface area (Å²) >= 11 is 0. The lowest BCUT2D eigenvalue weighted by Gasteiger charge is -2.23. The first kappa shape index (κ1) is 14.3. The summed E-state index contributed by atoms with van der Waals surface area (Å²) in [5.41, 5.74) is 1.31. The van der Waals surface area contributed by atoms with Crippen molar-refractivity contribution in [2.24, 2.45) is 0 Å². The lowest BCUT2D eigenvalue weighted by Crippen LogP contribution is -2.36. The Morgan fingerprint density at radius 1 is 1.45 bits per heavy atom. The SMILES string of the molecule is CC(=O)N1CCN(c2nc(C)ccc2C#N)C[C@@H](O)C1. The maximum Gasteiger partial charge on any atom is 0.219 e. The van der Waals surface area contributed by atoms with Crippen LogP contribution in [0.4, 0.5) is 5.82 Å². The Hall–Kier alpha value is -2.13. The largest absolute Gasteiger partial charge is 0.389 e. The predicted molar refractivity (Wildman–Crippen MR) is 74.2 cm³/mol. The fraction of sp³-hybridized carbons (Fsp3) is 0.500. The van der Waals surface area contributed by atoms with Gasteiger partial charge in [-0.15, -0.1) is 0 Å². The van der Waals surface area contributed by atoms with E-state index in [2.05, 4.69) is 11.1 Å². The molecular weight excluding hydrogens is 256 g/mol. The molecule has 6 heteroatoms. The van der Waals surface area contributed by atoms with Gasteiger partial charge >= 0.3 is 0 Å². The number of anilines is 1. The van der Waals surface area contributed by atoms with Gasteiger partial charge in [-0.3, -0.25) is 4.79 Å². The van der Waals surface area contributed by atoms with Gasteiger partial charge in [-0.25, -0.2) is 4.98 Å². The van der Waals surface area contributed by atoms with Crippen LogP contribution < -0.4 is 4.90 Å². The Morgan fingerprint density at radius 2 is 2.20 bits per heavy atom. The first-order valence-electron chi connectivity index (χ1n) is 6.57. The summed E-state index contributed by atoms with van der Waals surface area (Å²) in [6.07, 6.45) is -0.643. The van der Waals surface area contributed by atoms with Crippen molar-refractivity contribution in [1.82, 2.24) is 9.88 Å². The van der Waals surface area contributed by atoms with Crippen LogP contribution in [0.2, 0.25) is 0 Å². The van der Waals surface area contributed by atoms with Gasteiger partial charge in [0.2, 0.25) is 5.91 Å². The molecule has 0 saturated carbocycles. The van der Waals surface area contributed by atoms with Crippen molar-refractivity contribution in [3.63, 3.8) is 0 Å². The zero-order chi connectivity index (χ0) is 14.7. The molecule has 106 valence electrons. The predicted octanol–water partition coefficient (Wildman–Crippen LogP) is 0.291. The Labute approximate surface area is 118 Å². The molecule has 1 aromatic heterocycles. The van der Waals surface area contributed by atoms with E-state index in [9.17, 15) is 15.2 Å². The lowest BCUT2D eigenvalue weighted by molar-refractivity contribution is -0.129. The maximum atomic E-state index is 11.4.